The summed E-state index contributed by atoms with van der Waals surface area (Å²) in [6, 6.07) is 15.0. The highest BCUT2D eigenvalue weighted by Gasteiger charge is 2.04. The molecule has 0 aliphatic heterocycles. The third-order valence-corrected chi connectivity index (χ3v) is 3.00. The highest BCUT2D eigenvalue weighted by molar-refractivity contribution is 6.30. The quantitative estimate of drug-likeness (QED) is 0.592. The SMILES string of the molecule is O=C(CCl)c1ccc(-c2ccc(Cl)cc2)cc1. The summed E-state index contributed by atoms with van der Waals surface area (Å²) >= 11 is 11.3. The number of rotatable bonds is 3. The molecule has 1 nitrogen and oxygen atoms in total. The average Bonchev–Trinajstić information content (AvgIpc) is 2.39. The summed E-state index contributed by atoms with van der Waals surface area (Å²) in [6.45, 7) is 0. The first-order valence-electron chi connectivity index (χ1n) is 5.16. The number of Topliss-reactive ketones (excluding diaryl/α,β-unsaturated/α-hetero) is 1. The first-order chi connectivity index (χ1) is 8.20. The molecular formula is C14H10Cl2O. The number of halogens is 2. The minimum Gasteiger partial charge on any atom is -0.293 e. The van der Waals surface area contributed by atoms with Gasteiger partial charge in [-0.05, 0) is 23.3 Å². The van der Waals surface area contributed by atoms with Gasteiger partial charge in [0.2, 0.25) is 0 Å². The van der Waals surface area contributed by atoms with Crippen LogP contribution in [0.25, 0.3) is 11.1 Å². The highest BCUT2D eigenvalue weighted by Crippen LogP contribution is 2.22. The number of carbonyl (C=O) groups excluding carboxylic acids is 1. The molecule has 0 spiro atoms. The van der Waals surface area contributed by atoms with Crippen LogP contribution in [0.3, 0.4) is 0 Å². The van der Waals surface area contributed by atoms with Crippen molar-refractivity contribution >= 4 is 29.0 Å². The molecule has 0 bridgehead atoms. The van der Waals surface area contributed by atoms with Gasteiger partial charge in [0.15, 0.2) is 5.78 Å². The number of alkyl halides is 1. The fourth-order valence-electron chi connectivity index (χ4n) is 1.57. The largest absolute Gasteiger partial charge is 0.293 e. The summed E-state index contributed by atoms with van der Waals surface area (Å²) < 4.78 is 0. The van der Waals surface area contributed by atoms with Crippen LogP contribution in [0.4, 0.5) is 0 Å². The molecule has 0 saturated heterocycles. The van der Waals surface area contributed by atoms with E-state index < -0.39 is 0 Å². The van der Waals surface area contributed by atoms with Crippen molar-refractivity contribution in [3.05, 3.63) is 59.1 Å². The van der Waals surface area contributed by atoms with Crippen LogP contribution in [-0.4, -0.2) is 11.7 Å². The fourth-order valence-corrected chi connectivity index (χ4v) is 1.85. The second kappa shape index (κ2) is 5.35. The molecule has 0 amide bonds. The van der Waals surface area contributed by atoms with E-state index in [1.807, 2.05) is 36.4 Å². The Morgan fingerprint density at radius 2 is 1.35 bits per heavy atom. The first-order valence-corrected chi connectivity index (χ1v) is 6.07. The van der Waals surface area contributed by atoms with Crippen molar-refractivity contribution < 1.29 is 4.79 Å². The van der Waals surface area contributed by atoms with Gasteiger partial charge in [-0.1, -0.05) is 48.0 Å². The van der Waals surface area contributed by atoms with Crippen LogP contribution in [0.2, 0.25) is 5.02 Å². The Bertz CT molecular complexity index is 515. The lowest BCUT2D eigenvalue weighted by atomic mass is 10.0. The van der Waals surface area contributed by atoms with E-state index in [2.05, 4.69) is 0 Å². The van der Waals surface area contributed by atoms with Crippen LogP contribution in [-0.2, 0) is 0 Å². The number of ketones is 1. The van der Waals surface area contributed by atoms with E-state index in [0.29, 0.717) is 10.6 Å². The second-order valence-corrected chi connectivity index (χ2v) is 4.34. The molecule has 3 heteroatoms. The van der Waals surface area contributed by atoms with Gasteiger partial charge in [0.25, 0.3) is 0 Å². The standard InChI is InChI=1S/C14H10Cl2O/c15-9-14(17)12-3-1-10(2-4-12)11-5-7-13(16)8-6-11/h1-8H,9H2. The van der Waals surface area contributed by atoms with Gasteiger partial charge in [-0.2, -0.15) is 0 Å². The Morgan fingerprint density at radius 1 is 0.882 bits per heavy atom. The number of benzene rings is 2. The predicted octanol–water partition coefficient (Wildman–Crippen LogP) is 4.43. The molecule has 0 fully saturated rings. The number of carbonyl (C=O) groups is 1. The van der Waals surface area contributed by atoms with E-state index in [4.69, 9.17) is 23.2 Å². The van der Waals surface area contributed by atoms with E-state index >= 15 is 0 Å². The molecule has 86 valence electrons. The zero-order chi connectivity index (χ0) is 12.3. The molecule has 0 aliphatic carbocycles. The Balaban J connectivity index is 2.29. The molecule has 0 N–H and O–H groups in total. The summed E-state index contributed by atoms with van der Waals surface area (Å²) in [4.78, 5) is 11.4. The maximum absolute atomic E-state index is 11.4. The number of hydrogen-bond acceptors (Lipinski definition) is 1. The minimum absolute atomic E-state index is 0.0142. The van der Waals surface area contributed by atoms with Crippen LogP contribution in [0, 0.1) is 0 Å². The van der Waals surface area contributed by atoms with Crippen LogP contribution >= 0.6 is 23.2 Å². The molecule has 2 rings (SSSR count). The van der Waals surface area contributed by atoms with Gasteiger partial charge in [0.1, 0.15) is 0 Å². The third kappa shape index (κ3) is 2.87. The Hall–Kier alpha value is -1.31. The van der Waals surface area contributed by atoms with Crippen LogP contribution in [0.15, 0.2) is 48.5 Å². The summed E-state index contributed by atoms with van der Waals surface area (Å²) in [5.41, 5.74) is 2.75. The van der Waals surface area contributed by atoms with Crippen LogP contribution in [0.5, 0.6) is 0 Å². The third-order valence-electron chi connectivity index (χ3n) is 2.51. The fraction of sp³-hybridized carbons (Fsp3) is 0.0714. The summed E-state index contributed by atoms with van der Waals surface area (Å²) in [5.74, 6) is -0.0466. The van der Waals surface area contributed by atoms with E-state index in [1.165, 1.54) is 0 Å². The predicted molar refractivity (Wildman–Crippen MR) is 71.9 cm³/mol. The van der Waals surface area contributed by atoms with Gasteiger partial charge in [-0.25, -0.2) is 0 Å². The molecule has 0 heterocycles. The van der Waals surface area contributed by atoms with Crippen molar-refractivity contribution in [1.29, 1.82) is 0 Å². The molecule has 0 unspecified atom stereocenters. The summed E-state index contributed by atoms with van der Waals surface area (Å²) in [5, 5.41) is 0.711. The van der Waals surface area contributed by atoms with Crippen molar-refractivity contribution in [1.82, 2.24) is 0 Å². The molecule has 0 atom stereocenters. The molecule has 17 heavy (non-hydrogen) atoms. The van der Waals surface area contributed by atoms with Crippen molar-refractivity contribution in [3.8, 4) is 11.1 Å². The Kier molecular flexibility index (Phi) is 3.82. The molecular weight excluding hydrogens is 255 g/mol. The van der Waals surface area contributed by atoms with Crippen molar-refractivity contribution in [2.24, 2.45) is 0 Å². The normalized spacial score (nSPS) is 10.2. The van der Waals surface area contributed by atoms with Gasteiger partial charge in [-0.15, -0.1) is 11.6 Å². The first kappa shape index (κ1) is 12.2. The van der Waals surface area contributed by atoms with Gasteiger partial charge >= 0.3 is 0 Å². The maximum atomic E-state index is 11.4. The smallest absolute Gasteiger partial charge is 0.177 e. The second-order valence-electron chi connectivity index (χ2n) is 3.64. The minimum atomic E-state index is -0.0608. The van der Waals surface area contributed by atoms with E-state index in [0.717, 1.165) is 11.1 Å². The monoisotopic (exact) mass is 264 g/mol. The van der Waals surface area contributed by atoms with Crippen molar-refractivity contribution in [2.75, 3.05) is 5.88 Å². The van der Waals surface area contributed by atoms with Crippen molar-refractivity contribution in [2.45, 2.75) is 0 Å². The molecule has 2 aromatic rings. The van der Waals surface area contributed by atoms with Crippen LogP contribution < -0.4 is 0 Å². The average molecular weight is 265 g/mol. The molecule has 0 saturated carbocycles. The van der Waals surface area contributed by atoms with E-state index in [1.54, 1.807) is 12.1 Å². The van der Waals surface area contributed by atoms with Gasteiger partial charge in [0, 0.05) is 10.6 Å². The van der Waals surface area contributed by atoms with E-state index in [9.17, 15) is 4.79 Å². The summed E-state index contributed by atoms with van der Waals surface area (Å²) in [7, 11) is 0. The zero-order valence-corrected chi connectivity index (χ0v) is 10.5. The Morgan fingerprint density at radius 3 is 1.82 bits per heavy atom. The highest BCUT2D eigenvalue weighted by atomic mass is 35.5. The van der Waals surface area contributed by atoms with Crippen LogP contribution in [0.1, 0.15) is 10.4 Å². The number of hydrogen-bond donors (Lipinski definition) is 0. The summed E-state index contributed by atoms with van der Waals surface area (Å²) in [6.07, 6.45) is 0. The van der Waals surface area contributed by atoms with Crippen molar-refractivity contribution in [3.63, 3.8) is 0 Å². The molecule has 0 aromatic heterocycles. The topological polar surface area (TPSA) is 17.1 Å². The molecule has 0 radical (unpaired) electrons. The maximum Gasteiger partial charge on any atom is 0.177 e. The molecule has 2 aromatic carbocycles. The Labute approximate surface area is 110 Å². The zero-order valence-electron chi connectivity index (χ0n) is 8.99. The van der Waals surface area contributed by atoms with Gasteiger partial charge in [0.05, 0.1) is 5.88 Å². The molecule has 0 aliphatic rings. The van der Waals surface area contributed by atoms with E-state index in [-0.39, 0.29) is 11.7 Å². The lowest BCUT2D eigenvalue weighted by Gasteiger charge is -2.03. The lowest BCUT2D eigenvalue weighted by Crippen LogP contribution is -1.99. The van der Waals surface area contributed by atoms with Gasteiger partial charge < -0.3 is 0 Å². The van der Waals surface area contributed by atoms with Gasteiger partial charge in [-0.3, -0.25) is 4.79 Å². The lowest BCUT2D eigenvalue weighted by molar-refractivity contribution is 0.102.